The summed E-state index contributed by atoms with van der Waals surface area (Å²) < 4.78 is 18.8. The van der Waals surface area contributed by atoms with Crippen LogP contribution in [0.15, 0.2) is 22.7 Å². The molecule has 17 heavy (non-hydrogen) atoms. The number of pyridine rings is 1. The van der Waals surface area contributed by atoms with Gasteiger partial charge in [-0.15, -0.1) is 0 Å². The summed E-state index contributed by atoms with van der Waals surface area (Å²) in [6, 6.07) is 4.78. The maximum atomic E-state index is 13.4. The van der Waals surface area contributed by atoms with Crippen molar-refractivity contribution in [3.63, 3.8) is 0 Å². The summed E-state index contributed by atoms with van der Waals surface area (Å²) in [5.41, 5.74) is 4.48. The number of nitrogens with zero attached hydrogens (tertiary/aromatic N) is 1. The molecule has 90 valence electrons. The number of aromatic nitrogens is 1. The van der Waals surface area contributed by atoms with Gasteiger partial charge in [0.2, 0.25) is 0 Å². The number of ether oxygens (including phenoxy) is 1. The number of methoxy groups -OCH3 is 1. The van der Waals surface area contributed by atoms with Crippen LogP contribution in [-0.2, 0) is 11.3 Å². The zero-order valence-corrected chi connectivity index (χ0v) is 10.7. The minimum atomic E-state index is -0.359. The molecule has 1 heterocycles. The lowest BCUT2D eigenvalue weighted by Crippen LogP contribution is -2.09. The van der Waals surface area contributed by atoms with Gasteiger partial charge in [0.15, 0.2) is 0 Å². The molecule has 0 aliphatic heterocycles. The SMILES string of the molecule is COCc1cc(NN)c2cc(Br)c(F)cc2n1. The lowest BCUT2D eigenvalue weighted by Gasteiger charge is -2.09. The second-order valence-electron chi connectivity index (χ2n) is 3.52. The molecular weight excluding hydrogens is 289 g/mol. The molecule has 0 saturated carbocycles. The van der Waals surface area contributed by atoms with Crippen LogP contribution in [0.2, 0.25) is 0 Å². The first-order valence-corrected chi connectivity index (χ1v) is 5.69. The van der Waals surface area contributed by atoms with Gasteiger partial charge in [-0.2, -0.15) is 0 Å². The van der Waals surface area contributed by atoms with Crippen LogP contribution >= 0.6 is 15.9 Å². The molecule has 0 saturated heterocycles. The van der Waals surface area contributed by atoms with Crippen LogP contribution in [0.25, 0.3) is 10.9 Å². The van der Waals surface area contributed by atoms with Gasteiger partial charge in [-0.05, 0) is 28.1 Å². The molecular formula is C11H11BrFN3O. The number of nitrogens with two attached hydrogens (primary N) is 1. The summed E-state index contributed by atoms with van der Waals surface area (Å²) in [6.07, 6.45) is 0. The van der Waals surface area contributed by atoms with Gasteiger partial charge in [0, 0.05) is 18.6 Å². The predicted molar refractivity (Wildman–Crippen MR) is 67.9 cm³/mol. The van der Waals surface area contributed by atoms with Crippen molar-refractivity contribution in [2.75, 3.05) is 12.5 Å². The van der Waals surface area contributed by atoms with E-state index in [2.05, 4.69) is 26.3 Å². The van der Waals surface area contributed by atoms with Crippen molar-refractivity contribution in [1.82, 2.24) is 4.98 Å². The molecule has 1 aromatic heterocycles. The Labute approximate surface area is 106 Å². The molecule has 0 radical (unpaired) electrons. The number of rotatable bonds is 3. The van der Waals surface area contributed by atoms with E-state index < -0.39 is 0 Å². The average Bonchev–Trinajstić information content (AvgIpc) is 2.31. The number of nitrogen functional groups attached to an aromatic ring is 1. The summed E-state index contributed by atoms with van der Waals surface area (Å²) in [5.74, 6) is 5.08. The number of hydrogen-bond acceptors (Lipinski definition) is 4. The molecule has 2 rings (SSSR count). The van der Waals surface area contributed by atoms with Crippen LogP contribution < -0.4 is 11.3 Å². The number of anilines is 1. The number of fused-ring (bicyclic) bond motifs is 1. The van der Waals surface area contributed by atoms with E-state index in [1.165, 1.54) is 6.07 Å². The molecule has 1 aromatic carbocycles. The molecule has 0 unspecified atom stereocenters. The highest BCUT2D eigenvalue weighted by Crippen LogP contribution is 2.28. The van der Waals surface area contributed by atoms with Crippen LogP contribution in [0.3, 0.4) is 0 Å². The molecule has 0 atom stereocenters. The Morgan fingerprint density at radius 3 is 2.88 bits per heavy atom. The summed E-state index contributed by atoms with van der Waals surface area (Å²) in [5, 5.41) is 0.751. The van der Waals surface area contributed by atoms with Crippen molar-refractivity contribution in [1.29, 1.82) is 0 Å². The molecule has 0 spiro atoms. The monoisotopic (exact) mass is 299 g/mol. The smallest absolute Gasteiger partial charge is 0.139 e. The molecule has 0 bridgehead atoms. The molecule has 0 aliphatic rings. The van der Waals surface area contributed by atoms with Gasteiger partial charge in [-0.1, -0.05) is 0 Å². The third-order valence-electron chi connectivity index (χ3n) is 2.35. The Morgan fingerprint density at radius 1 is 1.47 bits per heavy atom. The second kappa shape index (κ2) is 4.95. The molecule has 4 nitrogen and oxygen atoms in total. The fourth-order valence-corrected chi connectivity index (χ4v) is 1.96. The van der Waals surface area contributed by atoms with Crippen molar-refractivity contribution >= 4 is 32.5 Å². The van der Waals surface area contributed by atoms with Crippen molar-refractivity contribution in [3.8, 4) is 0 Å². The Morgan fingerprint density at radius 2 is 2.24 bits per heavy atom. The topological polar surface area (TPSA) is 60.2 Å². The zero-order chi connectivity index (χ0) is 12.4. The Kier molecular flexibility index (Phi) is 3.56. The van der Waals surface area contributed by atoms with E-state index >= 15 is 0 Å². The normalized spacial score (nSPS) is 10.8. The highest BCUT2D eigenvalue weighted by molar-refractivity contribution is 9.10. The summed E-state index contributed by atoms with van der Waals surface area (Å²) in [6.45, 7) is 0.350. The fourth-order valence-electron chi connectivity index (χ4n) is 1.62. The van der Waals surface area contributed by atoms with E-state index in [-0.39, 0.29) is 5.82 Å². The van der Waals surface area contributed by atoms with Crippen LogP contribution in [0.4, 0.5) is 10.1 Å². The number of hydrogen-bond donors (Lipinski definition) is 2. The highest BCUT2D eigenvalue weighted by atomic mass is 79.9. The third-order valence-corrected chi connectivity index (χ3v) is 2.96. The van der Waals surface area contributed by atoms with E-state index in [0.717, 1.165) is 5.39 Å². The lowest BCUT2D eigenvalue weighted by molar-refractivity contribution is 0.182. The molecule has 0 fully saturated rings. The van der Waals surface area contributed by atoms with Gasteiger partial charge in [0.1, 0.15) is 5.82 Å². The van der Waals surface area contributed by atoms with Crippen molar-refractivity contribution in [2.24, 2.45) is 5.84 Å². The van der Waals surface area contributed by atoms with Crippen LogP contribution in [0, 0.1) is 5.82 Å². The standard InChI is InChI=1S/C11H11BrFN3O/c1-17-5-6-2-11(16-14)7-3-8(12)9(13)4-10(7)15-6/h2-4H,5,14H2,1H3,(H,15,16). The first kappa shape index (κ1) is 12.2. The second-order valence-corrected chi connectivity index (χ2v) is 4.38. The fraction of sp³-hybridized carbons (Fsp3) is 0.182. The van der Waals surface area contributed by atoms with E-state index in [4.69, 9.17) is 10.6 Å². The van der Waals surface area contributed by atoms with E-state index in [9.17, 15) is 4.39 Å². The quantitative estimate of drug-likeness (QED) is 0.675. The average molecular weight is 300 g/mol. The molecule has 6 heteroatoms. The van der Waals surface area contributed by atoms with Gasteiger partial charge in [-0.25, -0.2) is 4.39 Å². The maximum absolute atomic E-state index is 13.4. The number of halogens is 2. The van der Waals surface area contributed by atoms with Gasteiger partial charge in [-0.3, -0.25) is 10.8 Å². The molecule has 2 aromatic rings. The van der Waals surface area contributed by atoms with Gasteiger partial charge in [0.05, 0.1) is 28.0 Å². The maximum Gasteiger partial charge on any atom is 0.139 e. The van der Waals surface area contributed by atoms with Crippen molar-refractivity contribution in [2.45, 2.75) is 6.61 Å². The number of benzene rings is 1. The Bertz CT molecular complexity index is 562. The van der Waals surface area contributed by atoms with Crippen LogP contribution in [-0.4, -0.2) is 12.1 Å². The zero-order valence-electron chi connectivity index (χ0n) is 9.13. The first-order valence-electron chi connectivity index (χ1n) is 4.90. The van der Waals surface area contributed by atoms with E-state index in [0.29, 0.717) is 28.0 Å². The lowest BCUT2D eigenvalue weighted by atomic mass is 10.1. The highest BCUT2D eigenvalue weighted by Gasteiger charge is 2.09. The summed E-state index contributed by atoms with van der Waals surface area (Å²) >= 11 is 3.13. The molecule has 0 aliphatic carbocycles. The van der Waals surface area contributed by atoms with Gasteiger partial charge >= 0.3 is 0 Å². The number of nitrogens with one attached hydrogen (secondary N) is 1. The minimum Gasteiger partial charge on any atom is -0.378 e. The molecule has 3 N–H and O–H groups in total. The molecule has 0 amide bonds. The van der Waals surface area contributed by atoms with Crippen molar-refractivity contribution < 1.29 is 9.13 Å². The number of hydrazine groups is 1. The minimum absolute atomic E-state index is 0.350. The summed E-state index contributed by atoms with van der Waals surface area (Å²) in [7, 11) is 1.57. The first-order chi connectivity index (χ1) is 8.15. The summed E-state index contributed by atoms with van der Waals surface area (Å²) in [4.78, 5) is 4.29. The van der Waals surface area contributed by atoms with Crippen LogP contribution in [0.1, 0.15) is 5.69 Å². The predicted octanol–water partition coefficient (Wildman–Crippen LogP) is 2.57. The third kappa shape index (κ3) is 2.38. The largest absolute Gasteiger partial charge is 0.378 e. The van der Waals surface area contributed by atoms with E-state index in [1.54, 1.807) is 19.2 Å². The Balaban J connectivity index is 2.68. The van der Waals surface area contributed by atoms with Gasteiger partial charge < -0.3 is 10.2 Å². The van der Waals surface area contributed by atoms with Gasteiger partial charge in [0.25, 0.3) is 0 Å². The van der Waals surface area contributed by atoms with Crippen LogP contribution in [0.5, 0.6) is 0 Å². The Hall–Kier alpha value is -1.24. The van der Waals surface area contributed by atoms with Crippen molar-refractivity contribution in [3.05, 3.63) is 34.2 Å². The van der Waals surface area contributed by atoms with E-state index in [1.807, 2.05) is 0 Å².